The maximum absolute atomic E-state index is 8.91. The Morgan fingerprint density at radius 3 is 3.00 bits per heavy atom. The van der Waals surface area contributed by atoms with Crippen molar-refractivity contribution in [3.63, 3.8) is 0 Å². The van der Waals surface area contributed by atoms with Gasteiger partial charge in [0.05, 0.1) is 11.0 Å². The van der Waals surface area contributed by atoms with E-state index in [9.17, 15) is 0 Å². The third kappa shape index (κ3) is 0.994. The van der Waals surface area contributed by atoms with Crippen molar-refractivity contribution in [2.45, 2.75) is 0 Å². The molecule has 0 spiro atoms. The zero-order valence-corrected chi connectivity index (χ0v) is 6.23. The molecule has 0 atom stereocenters. The van der Waals surface area contributed by atoms with Gasteiger partial charge < -0.3 is 15.0 Å². The molecule has 0 aliphatic heterocycles. The van der Waals surface area contributed by atoms with Crippen LogP contribution in [0.3, 0.4) is 0 Å². The summed E-state index contributed by atoms with van der Waals surface area (Å²) >= 11 is 0. The molecule has 2 heterocycles. The van der Waals surface area contributed by atoms with Crippen molar-refractivity contribution in [2.75, 3.05) is 0 Å². The summed E-state index contributed by atoms with van der Waals surface area (Å²) in [5.74, 6) is 0. The lowest BCUT2D eigenvalue weighted by molar-refractivity contribution is 0.426. The first-order valence-electron chi connectivity index (χ1n) is 3.57. The van der Waals surface area contributed by atoms with E-state index in [0.29, 0.717) is 11.0 Å². The van der Waals surface area contributed by atoms with E-state index in [1.165, 1.54) is 0 Å². The number of pyridine rings is 1. The first-order valence-corrected chi connectivity index (χ1v) is 3.57. The van der Waals surface area contributed by atoms with Gasteiger partial charge in [0.2, 0.25) is 0 Å². The van der Waals surface area contributed by atoms with E-state index in [4.69, 9.17) is 10.0 Å². The first-order chi connectivity index (χ1) is 5.79. The summed E-state index contributed by atoms with van der Waals surface area (Å²) in [6.07, 6.45) is 3.16. The minimum absolute atomic E-state index is 0.408. The minimum Gasteiger partial charge on any atom is -0.423 e. The molecule has 0 saturated heterocycles. The van der Waals surface area contributed by atoms with E-state index in [2.05, 4.69) is 9.97 Å². The number of nitrogens with one attached hydrogen (secondary N) is 1. The summed E-state index contributed by atoms with van der Waals surface area (Å²) in [6, 6.07) is 3.61. The molecule has 2 rings (SSSR count). The Morgan fingerprint density at radius 1 is 1.42 bits per heavy atom. The Bertz CT molecular complexity index is 399. The summed E-state index contributed by atoms with van der Waals surface area (Å²) < 4.78 is 0. The van der Waals surface area contributed by atoms with Gasteiger partial charge in [0.15, 0.2) is 0 Å². The maximum atomic E-state index is 8.91. The smallest absolute Gasteiger partial charge is 0.423 e. The summed E-state index contributed by atoms with van der Waals surface area (Å²) in [4.78, 5) is 6.90. The van der Waals surface area contributed by atoms with Crippen LogP contribution in [0.1, 0.15) is 0 Å². The lowest BCUT2D eigenvalue weighted by Gasteiger charge is -1.93. The molecule has 0 fully saturated rings. The zero-order valence-electron chi connectivity index (χ0n) is 6.23. The van der Waals surface area contributed by atoms with Crippen LogP contribution in [-0.2, 0) is 0 Å². The lowest BCUT2D eigenvalue weighted by atomic mass is 9.82. The topological polar surface area (TPSA) is 69.1 Å². The van der Waals surface area contributed by atoms with Crippen LogP contribution in [-0.4, -0.2) is 27.1 Å². The van der Waals surface area contributed by atoms with Crippen LogP contribution >= 0.6 is 0 Å². The van der Waals surface area contributed by atoms with Gasteiger partial charge in [-0.25, -0.2) is 0 Å². The third-order valence-electron chi connectivity index (χ3n) is 1.74. The molecule has 0 aliphatic carbocycles. The van der Waals surface area contributed by atoms with Gasteiger partial charge in [-0.05, 0) is 12.1 Å². The highest BCUT2D eigenvalue weighted by Crippen LogP contribution is 2.04. The molecule has 0 amide bonds. The molecule has 5 heteroatoms. The Morgan fingerprint density at radius 2 is 2.25 bits per heavy atom. The monoisotopic (exact) mass is 162 g/mol. The lowest BCUT2D eigenvalue weighted by Crippen LogP contribution is -2.29. The van der Waals surface area contributed by atoms with E-state index < -0.39 is 7.12 Å². The molecule has 0 saturated carbocycles. The van der Waals surface area contributed by atoms with Crippen LogP contribution in [0.25, 0.3) is 11.0 Å². The van der Waals surface area contributed by atoms with Crippen molar-refractivity contribution in [3.05, 3.63) is 24.5 Å². The summed E-state index contributed by atoms with van der Waals surface area (Å²) in [5.41, 5.74) is 1.82. The first kappa shape index (κ1) is 7.33. The van der Waals surface area contributed by atoms with Crippen molar-refractivity contribution < 1.29 is 10.0 Å². The molecule has 4 nitrogen and oxygen atoms in total. The molecule has 0 aliphatic rings. The number of hydrogen-bond donors (Lipinski definition) is 3. The van der Waals surface area contributed by atoms with Crippen LogP contribution in [0.5, 0.6) is 0 Å². The van der Waals surface area contributed by atoms with E-state index in [0.717, 1.165) is 5.52 Å². The van der Waals surface area contributed by atoms with Crippen molar-refractivity contribution in [1.29, 1.82) is 0 Å². The fourth-order valence-corrected chi connectivity index (χ4v) is 1.17. The average Bonchev–Trinajstić information content (AvgIpc) is 2.47. The molecule has 0 bridgehead atoms. The normalized spacial score (nSPS) is 10.5. The van der Waals surface area contributed by atoms with Crippen molar-refractivity contribution in [3.8, 4) is 0 Å². The van der Waals surface area contributed by atoms with Crippen molar-refractivity contribution >= 4 is 23.6 Å². The van der Waals surface area contributed by atoms with Gasteiger partial charge in [-0.3, -0.25) is 4.98 Å². The van der Waals surface area contributed by atoms with E-state index >= 15 is 0 Å². The van der Waals surface area contributed by atoms with E-state index in [1.807, 2.05) is 6.07 Å². The van der Waals surface area contributed by atoms with Crippen molar-refractivity contribution in [1.82, 2.24) is 9.97 Å². The summed E-state index contributed by atoms with van der Waals surface area (Å²) in [5, 5.41) is 17.8. The van der Waals surface area contributed by atoms with Gasteiger partial charge in [0, 0.05) is 17.9 Å². The van der Waals surface area contributed by atoms with Crippen LogP contribution in [0.4, 0.5) is 0 Å². The second-order valence-electron chi connectivity index (χ2n) is 2.52. The van der Waals surface area contributed by atoms with E-state index in [1.54, 1.807) is 18.5 Å². The Labute approximate surface area is 69.0 Å². The number of rotatable bonds is 1. The fraction of sp³-hybridized carbons (Fsp3) is 0. The Kier molecular flexibility index (Phi) is 1.60. The molecule has 12 heavy (non-hydrogen) atoms. The van der Waals surface area contributed by atoms with Crippen LogP contribution < -0.4 is 5.46 Å². The number of fused-ring (bicyclic) bond motifs is 1. The molecule has 0 radical (unpaired) electrons. The second-order valence-corrected chi connectivity index (χ2v) is 2.52. The largest absolute Gasteiger partial charge is 0.492 e. The molecule has 0 aromatic carbocycles. The number of H-pyrrole nitrogens is 1. The summed E-state index contributed by atoms with van der Waals surface area (Å²) in [6.45, 7) is 0. The molecule has 60 valence electrons. The SMILES string of the molecule is OB(O)c1c[nH]c2cccnc12. The molecule has 2 aromatic heterocycles. The van der Waals surface area contributed by atoms with Crippen LogP contribution in [0.15, 0.2) is 24.5 Å². The Hall–Kier alpha value is -1.33. The van der Waals surface area contributed by atoms with Gasteiger partial charge >= 0.3 is 7.12 Å². The molecule has 0 unspecified atom stereocenters. The number of aromatic nitrogens is 2. The number of nitrogens with zero attached hydrogens (tertiary/aromatic N) is 1. The van der Waals surface area contributed by atoms with E-state index in [-0.39, 0.29) is 0 Å². The predicted molar refractivity (Wildman–Crippen MR) is 45.9 cm³/mol. The molecular formula is C7H7BN2O2. The van der Waals surface area contributed by atoms with Crippen molar-refractivity contribution in [2.24, 2.45) is 0 Å². The quantitative estimate of drug-likeness (QED) is 0.483. The molecule has 3 N–H and O–H groups in total. The van der Waals surface area contributed by atoms with Gasteiger partial charge in [-0.1, -0.05) is 0 Å². The fourth-order valence-electron chi connectivity index (χ4n) is 1.17. The standard InChI is InChI=1S/C7H7BN2O2/c11-8(12)5-4-10-6-2-1-3-9-7(5)6/h1-4,10-12H. The maximum Gasteiger partial charge on any atom is 0.492 e. The molecular weight excluding hydrogens is 155 g/mol. The highest BCUT2D eigenvalue weighted by molar-refractivity contribution is 6.61. The summed E-state index contributed by atoms with van der Waals surface area (Å²) in [7, 11) is -1.46. The third-order valence-corrected chi connectivity index (χ3v) is 1.74. The zero-order chi connectivity index (χ0) is 8.55. The van der Waals surface area contributed by atoms with Crippen LogP contribution in [0, 0.1) is 0 Å². The van der Waals surface area contributed by atoms with Gasteiger partial charge in [-0.15, -0.1) is 0 Å². The van der Waals surface area contributed by atoms with Crippen LogP contribution in [0.2, 0.25) is 0 Å². The molecule has 2 aromatic rings. The minimum atomic E-state index is -1.46. The highest BCUT2D eigenvalue weighted by Gasteiger charge is 2.16. The second kappa shape index (κ2) is 2.62. The van der Waals surface area contributed by atoms with Gasteiger partial charge in [0.1, 0.15) is 0 Å². The van der Waals surface area contributed by atoms with Gasteiger partial charge in [-0.2, -0.15) is 0 Å². The van der Waals surface area contributed by atoms with Gasteiger partial charge in [0.25, 0.3) is 0 Å². The average molecular weight is 162 g/mol. The number of aromatic amines is 1. The Balaban J connectivity index is 2.70. The highest BCUT2D eigenvalue weighted by atomic mass is 16.4. The number of hydrogen-bond acceptors (Lipinski definition) is 3. The predicted octanol–water partition coefficient (Wildman–Crippen LogP) is -0.757.